The van der Waals surface area contributed by atoms with E-state index in [1.54, 1.807) is 16.9 Å². The van der Waals surface area contributed by atoms with Gasteiger partial charge in [-0.15, -0.1) is 0 Å². The van der Waals surface area contributed by atoms with Gasteiger partial charge in [0.15, 0.2) is 0 Å². The van der Waals surface area contributed by atoms with E-state index >= 15 is 0 Å². The Hall–Kier alpha value is -2.24. The lowest BCUT2D eigenvalue weighted by Gasteiger charge is -2.35. The highest BCUT2D eigenvalue weighted by Gasteiger charge is 2.27. The molecule has 25 heavy (non-hydrogen) atoms. The van der Waals surface area contributed by atoms with Crippen LogP contribution in [-0.4, -0.2) is 54.5 Å². The summed E-state index contributed by atoms with van der Waals surface area (Å²) >= 11 is 0. The molecule has 138 valence electrons. The summed E-state index contributed by atoms with van der Waals surface area (Å²) in [5.41, 5.74) is 1.03. The zero-order chi connectivity index (χ0) is 18.2. The van der Waals surface area contributed by atoms with E-state index in [-0.39, 0.29) is 24.5 Å². The Morgan fingerprint density at radius 2 is 2.12 bits per heavy atom. The van der Waals surface area contributed by atoms with Gasteiger partial charge >= 0.3 is 6.03 Å². The molecule has 1 saturated heterocycles. The number of nitrogens with one attached hydrogen (secondary N) is 1. The van der Waals surface area contributed by atoms with Crippen LogP contribution in [0.15, 0.2) is 24.3 Å². The van der Waals surface area contributed by atoms with Gasteiger partial charge in [0.1, 0.15) is 12.3 Å². The Morgan fingerprint density at radius 1 is 1.32 bits per heavy atom. The third kappa shape index (κ3) is 5.37. The van der Waals surface area contributed by atoms with E-state index < -0.39 is 0 Å². The van der Waals surface area contributed by atoms with Gasteiger partial charge in [0.05, 0.1) is 7.11 Å². The van der Waals surface area contributed by atoms with Crippen molar-refractivity contribution in [1.82, 2.24) is 15.1 Å². The lowest BCUT2D eigenvalue weighted by molar-refractivity contribution is -0.135. The number of ether oxygens (including phenoxy) is 1. The molecule has 0 aliphatic carbocycles. The van der Waals surface area contributed by atoms with E-state index in [2.05, 4.69) is 19.2 Å². The topological polar surface area (TPSA) is 61.9 Å². The number of nitrogens with zero attached hydrogens (tertiary/aromatic N) is 2. The summed E-state index contributed by atoms with van der Waals surface area (Å²) in [6.07, 6.45) is 2.90. The van der Waals surface area contributed by atoms with E-state index in [1.165, 1.54) is 0 Å². The number of piperazine rings is 1. The summed E-state index contributed by atoms with van der Waals surface area (Å²) in [6.45, 7) is 5.96. The molecule has 1 atom stereocenters. The van der Waals surface area contributed by atoms with Crippen LogP contribution in [-0.2, 0) is 11.3 Å². The Morgan fingerprint density at radius 3 is 2.76 bits per heavy atom. The first-order valence-electron chi connectivity index (χ1n) is 9.03. The molecule has 1 N–H and O–H groups in total. The number of methoxy groups -OCH3 is 1. The maximum absolute atomic E-state index is 12.4. The normalized spacial score (nSPS) is 15.9. The van der Waals surface area contributed by atoms with E-state index in [0.29, 0.717) is 19.6 Å². The molecule has 0 bridgehead atoms. The van der Waals surface area contributed by atoms with Crippen LogP contribution in [0.1, 0.15) is 38.7 Å². The van der Waals surface area contributed by atoms with Gasteiger partial charge in [0.2, 0.25) is 5.91 Å². The highest BCUT2D eigenvalue weighted by molar-refractivity contribution is 5.85. The number of carbonyl (C=O) groups excluding carboxylic acids is 2. The van der Waals surface area contributed by atoms with Gasteiger partial charge in [0, 0.05) is 25.7 Å². The Kier molecular flexibility index (Phi) is 7.10. The van der Waals surface area contributed by atoms with Gasteiger partial charge in [-0.3, -0.25) is 4.79 Å². The fourth-order valence-electron chi connectivity index (χ4n) is 3.03. The number of rotatable bonds is 7. The van der Waals surface area contributed by atoms with Crippen molar-refractivity contribution in [2.24, 2.45) is 0 Å². The molecule has 1 aliphatic rings. The van der Waals surface area contributed by atoms with Crippen LogP contribution in [0.2, 0.25) is 0 Å². The number of hydrogen-bond donors (Lipinski definition) is 1. The number of benzene rings is 1. The van der Waals surface area contributed by atoms with Crippen LogP contribution < -0.4 is 10.1 Å². The minimum Gasteiger partial charge on any atom is -0.497 e. The van der Waals surface area contributed by atoms with Crippen LogP contribution in [0.3, 0.4) is 0 Å². The number of hydrogen-bond acceptors (Lipinski definition) is 3. The van der Waals surface area contributed by atoms with Crippen LogP contribution in [0.5, 0.6) is 5.75 Å². The molecular formula is C19H29N3O3. The van der Waals surface area contributed by atoms with Crippen LogP contribution in [0.25, 0.3) is 0 Å². The van der Waals surface area contributed by atoms with Gasteiger partial charge < -0.3 is 19.9 Å². The first kappa shape index (κ1) is 19.1. The smallest absolute Gasteiger partial charge is 0.318 e. The minimum atomic E-state index is -0.130. The lowest BCUT2D eigenvalue weighted by Crippen LogP contribution is -2.55. The van der Waals surface area contributed by atoms with Crippen LogP contribution in [0, 0.1) is 0 Å². The molecule has 0 saturated carbocycles. The van der Waals surface area contributed by atoms with Crippen LogP contribution >= 0.6 is 0 Å². The molecular weight excluding hydrogens is 318 g/mol. The first-order valence-corrected chi connectivity index (χ1v) is 9.03. The summed E-state index contributed by atoms with van der Waals surface area (Å²) in [5.74, 6) is 0.761. The van der Waals surface area contributed by atoms with Crippen molar-refractivity contribution in [1.29, 1.82) is 0 Å². The Bertz CT molecular complexity index is 591. The molecule has 2 rings (SSSR count). The second-order valence-electron chi connectivity index (χ2n) is 6.43. The van der Waals surface area contributed by atoms with Crippen molar-refractivity contribution in [2.45, 2.75) is 45.7 Å². The summed E-state index contributed by atoms with van der Waals surface area (Å²) in [7, 11) is 1.63. The number of amides is 3. The van der Waals surface area contributed by atoms with Crippen molar-refractivity contribution in [3.05, 3.63) is 29.8 Å². The van der Waals surface area contributed by atoms with Gasteiger partial charge in [-0.2, -0.15) is 0 Å². The molecule has 1 fully saturated rings. The van der Waals surface area contributed by atoms with E-state index in [9.17, 15) is 9.59 Å². The molecule has 0 aromatic heterocycles. The van der Waals surface area contributed by atoms with Crippen molar-refractivity contribution in [3.8, 4) is 5.75 Å². The standard InChI is InChI=1S/C19H29N3O3/c1-4-7-16(5-2)20-19(24)22-11-10-21(18(23)14-22)13-15-8-6-9-17(12-15)25-3/h6,8-9,12,16H,4-5,7,10-11,13-14H2,1-3H3,(H,20,24)/t16-/m0/s1. The predicted octanol–water partition coefficient (Wildman–Crippen LogP) is 2.63. The second-order valence-corrected chi connectivity index (χ2v) is 6.43. The average Bonchev–Trinajstić information content (AvgIpc) is 2.63. The lowest BCUT2D eigenvalue weighted by atomic mass is 10.1. The van der Waals surface area contributed by atoms with Gasteiger partial charge in [-0.05, 0) is 30.5 Å². The zero-order valence-corrected chi connectivity index (χ0v) is 15.5. The predicted molar refractivity (Wildman–Crippen MR) is 97.5 cm³/mol. The van der Waals surface area contributed by atoms with Gasteiger partial charge in [0.25, 0.3) is 0 Å². The third-order valence-electron chi connectivity index (χ3n) is 4.57. The molecule has 0 spiro atoms. The fourth-order valence-corrected chi connectivity index (χ4v) is 3.03. The fraction of sp³-hybridized carbons (Fsp3) is 0.579. The largest absolute Gasteiger partial charge is 0.497 e. The summed E-state index contributed by atoms with van der Waals surface area (Å²) in [5, 5.41) is 3.04. The molecule has 6 nitrogen and oxygen atoms in total. The Balaban J connectivity index is 1.89. The SMILES string of the molecule is CCC[C@H](CC)NC(=O)N1CCN(Cc2cccc(OC)c2)C(=O)C1. The van der Waals surface area contributed by atoms with Crippen molar-refractivity contribution >= 4 is 11.9 Å². The van der Waals surface area contributed by atoms with E-state index in [4.69, 9.17) is 4.74 Å². The molecule has 6 heteroatoms. The third-order valence-corrected chi connectivity index (χ3v) is 4.57. The first-order chi connectivity index (χ1) is 12.1. The maximum atomic E-state index is 12.4. The van der Waals surface area contributed by atoms with Gasteiger partial charge in [-0.25, -0.2) is 4.79 Å². The Labute approximate surface area is 150 Å². The van der Waals surface area contributed by atoms with Crippen molar-refractivity contribution in [3.63, 3.8) is 0 Å². The van der Waals surface area contributed by atoms with Crippen molar-refractivity contribution < 1.29 is 14.3 Å². The molecule has 0 radical (unpaired) electrons. The van der Waals surface area contributed by atoms with Gasteiger partial charge in [-0.1, -0.05) is 32.4 Å². The zero-order valence-electron chi connectivity index (χ0n) is 15.5. The maximum Gasteiger partial charge on any atom is 0.318 e. The molecule has 3 amide bonds. The number of urea groups is 1. The highest BCUT2D eigenvalue weighted by Crippen LogP contribution is 2.16. The second kappa shape index (κ2) is 9.30. The van der Waals surface area contributed by atoms with E-state index in [0.717, 1.165) is 30.6 Å². The summed E-state index contributed by atoms with van der Waals surface area (Å²) < 4.78 is 5.22. The van der Waals surface area contributed by atoms with Crippen molar-refractivity contribution in [2.75, 3.05) is 26.7 Å². The molecule has 1 aromatic carbocycles. The quantitative estimate of drug-likeness (QED) is 0.825. The molecule has 1 heterocycles. The summed E-state index contributed by atoms with van der Waals surface area (Å²) in [6, 6.07) is 7.76. The minimum absolute atomic E-state index is 0.0206. The molecule has 1 aromatic rings. The monoisotopic (exact) mass is 347 g/mol. The average molecular weight is 347 g/mol. The number of carbonyl (C=O) groups is 2. The van der Waals surface area contributed by atoms with Crippen LogP contribution in [0.4, 0.5) is 4.79 Å². The summed E-state index contributed by atoms with van der Waals surface area (Å²) in [4.78, 5) is 28.2. The van der Waals surface area contributed by atoms with E-state index in [1.807, 2.05) is 24.3 Å². The molecule has 0 unspecified atom stereocenters. The molecule has 1 aliphatic heterocycles. The highest BCUT2D eigenvalue weighted by atomic mass is 16.5.